The van der Waals surface area contributed by atoms with Crippen molar-refractivity contribution in [3.8, 4) is 0 Å². The summed E-state index contributed by atoms with van der Waals surface area (Å²) >= 11 is 0. The summed E-state index contributed by atoms with van der Waals surface area (Å²) in [7, 11) is 0.486. The molecule has 0 amide bonds. The van der Waals surface area contributed by atoms with Gasteiger partial charge in [0, 0.05) is 7.11 Å². The van der Waals surface area contributed by atoms with E-state index in [0.29, 0.717) is 0 Å². The first-order valence-corrected chi connectivity index (χ1v) is 2.86. The van der Waals surface area contributed by atoms with Crippen molar-refractivity contribution in [2.45, 2.75) is 0 Å². The summed E-state index contributed by atoms with van der Waals surface area (Å²) in [4.78, 5) is 0. The van der Waals surface area contributed by atoms with Crippen LogP contribution in [0.3, 0.4) is 0 Å². The summed E-state index contributed by atoms with van der Waals surface area (Å²) in [5.74, 6) is 0. The van der Waals surface area contributed by atoms with Crippen molar-refractivity contribution >= 4 is 8.60 Å². The molecule has 0 bridgehead atoms. The summed E-state index contributed by atoms with van der Waals surface area (Å²) in [5, 5.41) is 0. The molecule has 0 aromatic carbocycles. The Morgan fingerprint density at radius 1 is 1.43 bits per heavy atom. The molecule has 0 spiro atoms. The van der Waals surface area contributed by atoms with Crippen molar-refractivity contribution in [2.75, 3.05) is 7.11 Å². The quantitative estimate of drug-likeness (QED) is 0.489. The van der Waals surface area contributed by atoms with Gasteiger partial charge in [0.25, 0.3) is 0 Å². The SMILES string of the molecule is COP1OC=CO1. The second-order valence-corrected chi connectivity index (χ2v) is 2.12. The molecule has 1 aliphatic rings. The summed E-state index contributed by atoms with van der Waals surface area (Å²) in [6.45, 7) is 0. The summed E-state index contributed by atoms with van der Waals surface area (Å²) in [6.07, 6.45) is 2.93. The molecule has 0 N–H and O–H groups in total. The summed E-state index contributed by atoms with van der Waals surface area (Å²) < 4.78 is 14.2. The topological polar surface area (TPSA) is 27.7 Å². The van der Waals surface area contributed by atoms with Gasteiger partial charge in [0.1, 0.15) is 12.5 Å². The molecule has 0 atom stereocenters. The Kier molecular flexibility index (Phi) is 1.50. The van der Waals surface area contributed by atoms with Crippen LogP contribution in [0.4, 0.5) is 0 Å². The van der Waals surface area contributed by atoms with Gasteiger partial charge in [-0.15, -0.1) is 0 Å². The molecule has 0 fully saturated rings. The maximum Gasteiger partial charge on any atom is 0.461 e. The first-order chi connectivity index (χ1) is 3.43. The van der Waals surface area contributed by atoms with Gasteiger partial charge in [-0.3, -0.25) is 4.52 Å². The van der Waals surface area contributed by atoms with Gasteiger partial charge in [-0.25, -0.2) is 0 Å². The summed E-state index contributed by atoms with van der Waals surface area (Å²) in [5.41, 5.74) is 0. The molecule has 0 unspecified atom stereocenters. The van der Waals surface area contributed by atoms with Crippen molar-refractivity contribution in [3.63, 3.8) is 0 Å². The molecule has 0 saturated heterocycles. The number of hydrogen-bond donors (Lipinski definition) is 0. The highest BCUT2D eigenvalue weighted by atomic mass is 31.2. The Bertz CT molecular complexity index is 74.2. The Hall–Kier alpha value is -0.270. The standard InChI is InChI=1S/C3H5O3P/c1-4-7-5-2-3-6-7/h2-3H,1H3. The predicted molar refractivity (Wildman–Crippen MR) is 25.2 cm³/mol. The first-order valence-electron chi connectivity index (χ1n) is 1.76. The molecule has 40 valence electrons. The Morgan fingerprint density at radius 2 is 2.00 bits per heavy atom. The molecule has 1 heterocycles. The van der Waals surface area contributed by atoms with Crippen LogP contribution in [0.1, 0.15) is 0 Å². The van der Waals surface area contributed by atoms with Crippen molar-refractivity contribution in [2.24, 2.45) is 0 Å². The van der Waals surface area contributed by atoms with E-state index in [-0.39, 0.29) is 0 Å². The molecule has 4 heteroatoms. The van der Waals surface area contributed by atoms with Crippen LogP contribution in [-0.2, 0) is 13.6 Å². The van der Waals surface area contributed by atoms with Gasteiger partial charge in [-0.1, -0.05) is 0 Å². The highest BCUT2D eigenvalue weighted by Crippen LogP contribution is 2.42. The lowest BCUT2D eigenvalue weighted by atomic mass is 11.1. The first kappa shape index (κ1) is 4.88. The van der Waals surface area contributed by atoms with E-state index in [1.807, 2.05) is 0 Å². The van der Waals surface area contributed by atoms with Crippen LogP contribution in [0.15, 0.2) is 12.5 Å². The van der Waals surface area contributed by atoms with Crippen LogP contribution < -0.4 is 0 Å². The number of hydrogen-bond acceptors (Lipinski definition) is 3. The third-order valence-electron chi connectivity index (χ3n) is 0.498. The van der Waals surface area contributed by atoms with Gasteiger partial charge in [-0.2, -0.15) is 0 Å². The maximum absolute atomic E-state index is 4.74. The van der Waals surface area contributed by atoms with Crippen molar-refractivity contribution < 1.29 is 13.6 Å². The minimum absolute atomic E-state index is 1.05. The van der Waals surface area contributed by atoms with E-state index in [1.54, 1.807) is 7.11 Å². The molecule has 0 radical (unpaired) electrons. The van der Waals surface area contributed by atoms with Crippen LogP contribution in [0.2, 0.25) is 0 Å². The van der Waals surface area contributed by atoms with E-state index in [9.17, 15) is 0 Å². The molecule has 0 saturated carbocycles. The Morgan fingerprint density at radius 3 is 2.29 bits per heavy atom. The number of rotatable bonds is 1. The predicted octanol–water partition coefficient (Wildman–Crippen LogP) is 1.38. The van der Waals surface area contributed by atoms with Crippen molar-refractivity contribution in [3.05, 3.63) is 12.5 Å². The molecule has 1 aliphatic heterocycles. The average Bonchev–Trinajstić information content (AvgIpc) is 2.14. The van der Waals surface area contributed by atoms with Gasteiger partial charge in [-0.05, 0) is 0 Å². The second kappa shape index (κ2) is 2.15. The van der Waals surface area contributed by atoms with Crippen LogP contribution in [0, 0.1) is 0 Å². The Balaban J connectivity index is 2.22. The zero-order chi connectivity index (χ0) is 5.11. The third-order valence-corrected chi connectivity index (χ3v) is 1.38. The highest BCUT2D eigenvalue weighted by molar-refractivity contribution is 7.42. The van der Waals surface area contributed by atoms with Gasteiger partial charge in [0.05, 0.1) is 0 Å². The monoisotopic (exact) mass is 120 g/mol. The zero-order valence-electron chi connectivity index (χ0n) is 3.83. The van der Waals surface area contributed by atoms with Crippen molar-refractivity contribution in [1.82, 2.24) is 0 Å². The van der Waals surface area contributed by atoms with E-state index in [0.717, 1.165) is 0 Å². The molecular formula is C3H5O3P. The van der Waals surface area contributed by atoms with Crippen LogP contribution in [0.25, 0.3) is 0 Å². The van der Waals surface area contributed by atoms with Crippen LogP contribution >= 0.6 is 8.60 Å². The lowest BCUT2D eigenvalue weighted by Gasteiger charge is -2.00. The zero-order valence-corrected chi connectivity index (χ0v) is 4.72. The van der Waals surface area contributed by atoms with E-state index >= 15 is 0 Å². The molecular weight excluding hydrogens is 115 g/mol. The molecule has 7 heavy (non-hydrogen) atoms. The molecule has 0 aliphatic carbocycles. The van der Waals surface area contributed by atoms with Crippen LogP contribution in [0.5, 0.6) is 0 Å². The van der Waals surface area contributed by atoms with Crippen LogP contribution in [-0.4, -0.2) is 7.11 Å². The second-order valence-electron chi connectivity index (χ2n) is 0.889. The Labute approximate surface area is 42.9 Å². The fraction of sp³-hybridized carbons (Fsp3) is 0.333. The van der Waals surface area contributed by atoms with E-state index in [4.69, 9.17) is 9.05 Å². The maximum atomic E-state index is 4.74. The third kappa shape index (κ3) is 1.05. The lowest BCUT2D eigenvalue weighted by Crippen LogP contribution is -1.72. The molecule has 0 aromatic rings. The molecule has 0 aromatic heterocycles. The smallest absolute Gasteiger partial charge is 0.422 e. The van der Waals surface area contributed by atoms with Gasteiger partial charge in [0.2, 0.25) is 0 Å². The van der Waals surface area contributed by atoms with Gasteiger partial charge < -0.3 is 9.05 Å². The van der Waals surface area contributed by atoms with E-state index < -0.39 is 8.60 Å². The van der Waals surface area contributed by atoms with E-state index in [1.165, 1.54) is 12.5 Å². The highest BCUT2D eigenvalue weighted by Gasteiger charge is 2.12. The van der Waals surface area contributed by atoms with E-state index in [2.05, 4.69) is 4.52 Å². The lowest BCUT2D eigenvalue weighted by molar-refractivity contribution is 0.312. The molecule has 1 rings (SSSR count). The van der Waals surface area contributed by atoms with Gasteiger partial charge >= 0.3 is 8.60 Å². The van der Waals surface area contributed by atoms with Crippen molar-refractivity contribution in [1.29, 1.82) is 0 Å². The minimum atomic E-state index is -1.05. The normalized spacial score (nSPS) is 19.0. The largest absolute Gasteiger partial charge is 0.461 e. The van der Waals surface area contributed by atoms with Gasteiger partial charge in [0.15, 0.2) is 0 Å². The molecule has 3 nitrogen and oxygen atoms in total. The fourth-order valence-corrected chi connectivity index (χ4v) is 0.780. The minimum Gasteiger partial charge on any atom is -0.422 e. The summed E-state index contributed by atoms with van der Waals surface area (Å²) in [6, 6.07) is 0. The fourth-order valence-electron chi connectivity index (χ4n) is 0.260. The average molecular weight is 120 g/mol.